The van der Waals surface area contributed by atoms with Crippen LogP contribution in [-0.4, -0.2) is 10.5 Å². The third-order valence-electron chi connectivity index (χ3n) is 3.10. The Labute approximate surface area is 117 Å². The van der Waals surface area contributed by atoms with E-state index in [0.717, 1.165) is 0 Å². The van der Waals surface area contributed by atoms with Gasteiger partial charge in [0.05, 0.1) is 5.69 Å². The maximum atomic E-state index is 13.0. The van der Waals surface area contributed by atoms with Crippen LogP contribution in [0.5, 0.6) is 0 Å². The first-order valence-corrected chi connectivity index (χ1v) is 6.43. The molecule has 0 saturated heterocycles. The van der Waals surface area contributed by atoms with Gasteiger partial charge in [-0.2, -0.15) is 0 Å². The predicted molar refractivity (Wildman–Crippen MR) is 78.3 cm³/mol. The van der Waals surface area contributed by atoms with Gasteiger partial charge in [-0.15, -0.1) is 0 Å². The Morgan fingerprint density at radius 2 is 2.05 bits per heavy atom. The third-order valence-corrected chi connectivity index (χ3v) is 3.10. The largest absolute Gasteiger partial charge is 0.397 e. The van der Waals surface area contributed by atoms with E-state index in [1.54, 1.807) is 25.3 Å². The molecule has 2 aromatic rings. The number of anilines is 2. The van der Waals surface area contributed by atoms with Gasteiger partial charge in [-0.3, -0.25) is 4.79 Å². The topological polar surface area (TPSA) is 60.1 Å². The fourth-order valence-electron chi connectivity index (χ4n) is 2.06. The van der Waals surface area contributed by atoms with Gasteiger partial charge in [0.15, 0.2) is 0 Å². The minimum absolute atomic E-state index is 0.127. The van der Waals surface area contributed by atoms with E-state index in [-0.39, 0.29) is 17.8 Å². The van der Waals surface area contributed by atoms with E-state index < -0.39 is 0 Å². The number of hydrogen-bond donors (Lipinski definition) is 2. The molecule has 4 nitrogen and oxygen atoms in total. The van der Waals surface area contributed by atoms with E-state index >= 15 is 0 Å². The highest BCUT2D eigenvalue weighted by atomic mass is 19.1. The Hall–Kier alpha value is -2.30. The van der Waals surface area contributed by atoms with Crippen molar-refractivity contribution in [1.29, 1.82) is 0 Å². The number of nitrogens with two attached hydrogens (primary N) is 1. The summed E-state index contributed by atoms with van der Waals surface area (Å²) >= 11 is 0. The Morgan fingerprint density at radius 1 is 1.35 bits per heavy atom. The van der Waals surface area contributed by atoms with Crippen molar-refractivity contribution in [2.45, 2.75) is 26.8 Å². The number of nitrogen functional groups attached to an aromatic ring is 1. The molecule has 1 heterocycles. The van der Waals surface area contributed by atoms with Gasteiger partial charge in [-0.1, -0.05) is 0 Å². The quantitative estimate of drug-likeness (QED) is 0.902. The molecule has 20 heavy (non-hydrogen) atoms. The predicted octanol–water partition coefficient (Wildman–Crippen LogP) is 3.35. The van der Waals surface area contributed by atoms with E-state index in [1.165, 1.54) is 12.1 Å². The van der Waals surface area contributed by atoms with Crippen LogP contribution in [0.3, 0.4) is 0 Å². The normalized spacial score (nSPS) is 10.8. The monoisotopic (exact) mass is 275 g/mol. The lowest BCUT2D eigenvalue weighted by Gasteiger charge is -2.13. The van der Waals surface area contributed by atoms with Crippen LogP contribution in [0.1, 0.15) is 35.9 Å². The van der Waals surface area contributed by atoms with Gasteiger partial charge in [0.25, 0.3) is 5.91 Å². The highest BCUT2D eigenvalue weighted by Crippen LogP contribution is 2.20. The van der Waals surface area contributed by atoms with Crippen molar-refractivity contribution >= 4 is 17.3 Å². The minimum atomic E-state index is -0.324. The van der Waals surface area contributed by atoms with Gasteiger partial charge in [-0.05, 0) is 50.6 Å². The SMILES string of the molecule is Cc1cc(F)ccc1NC(=O)c1cc(N)cn1C(C)C. The highest BCUT2D eigenvalue weighted by Gasteiger charge is 2.15. The van der Waals surface area contributed by atoms with E-state index in [1.807, 2.05) is 18.4 Å². The van der Waals surface area contributed by atoms with Crippen LogP contribution in [0.15, 0.2) is 30.5 Å². The summed E-state index contributed by atoms with van der Waals surface area (Å²) in [6.45, 7) is 5.69. The molecule has 2 rings (SSSR count). The number of carbonyl (C=O) groups is 1. The van der Waals surface area contributed by atoms with E-state index in [4.69, 9.17) is 5.73 Å². The van der Waals surface area contributed by atoms with Gasteiger partial charge < -0.3 is 15.6 Å². The van der Waals surface area contributed by atoms with E-state index in [2.05, 4.69) is 5.32 Å². The van der Waals surface area contributed by atoms with Crippen molar-refractivity contribution in [3.63, 3.8) is 0 Å². The number of nitrogens with zero attached hydrogens (tertiary/aromatic N) is 1. The number of amides is 1. The first kappa shape index (κ1) is 14.1. The van der Waals surface area contributed by atoms with Gasteiger partial charge in [-0.25, -0.2) is 4.39 Å². The van der Waals surface area contributed by atoms with Gasteiger partial charge in [0.2, 0.25) is 0 Å². The number of nitrogens with one attached hydrogen (secondary N) is 1. The molecule has 0 fully saturated rings. The third kappa shape index (κ3) is 2.82. The number of rotatable bonds is 3. The molecular weight excluding hydrogens is 257 g/mol. The summed E-state index contributed by atoms with van der Waals surface area (Å²) in [5, 5.41) is 2.78. The van der Waals surface area contributed by atoms with Gasteiger partial charge >= 0.3 is 0 Å². The lowest BCUT2D eigenvalue weighted by molar-refractivity contribution is 0.101. The molecule has 0 aliphatic heterocycles. The Balaban J connectivity index is 2.28. The summed E-state index contributed by atoms with van der Waals surface area (Å²) in [6, 6.07) is 6.01. The van der Waals surface area contributed by atoms with Crippen molar-refractivity contribution in [3.8, 4) is 0 Å². The molecule has 1 aromatic carbocycles. The fourth-order valence-corrected chi connectivity index (χ4v) is 2.06. The second-order valence-electron chi connectivity index (χ2n) is 5.07. The Bertz CT molecular complexity index is 647. The summed E-state index contributed by atoms with van der Waals surface area (Å²) in [7, 11) is 0. The lowest BCUT2D eigenvalue weighted by Crippen LogP contribution is -2.18. The summed E-state index contributed by atoms with van der Waals surface area (Å²) in [5.74, 6) is -0.583. The number of aryl methyl sites for hydroxylation is 1. The average Bonchev–Trinajstić information content (AvgIpc) is 2.75. The van der Waals surface area contributed by atoms with Crippen molar-refractivity contribution in [1.82, 2.24) is 4.57 Å². The van der Waals surface area contributed by atoms with Crippen molar-refractivity contribution in [2.24, 2.45) is 0 Å². The summed E-state index contributed by atoms with van der Waals surface area (Å²) in [5.41, 5.74) is 8.04. The molecule has 0 spiro atoms. The van der Waals surface area contributed by atoms with Crippen LogP contribution in [0.4, 0.5) is 15.8 Å². The zero-order valence-electron chi connectivity index (χ0n) is 11.8. The molecule has 0 aliphatic rings. The van der Waals surface area contributed by atoms with Crippen molar-refractivity contribution in [2.75, 3.05) is 11.1 Å². The highest BCUT2D eigenvalue weighted by molar-refractivity contribution is 6.04. The van der Waals surface area contributed by atoms with Crippen LogP contribution in [-0.2, 0) is 0 Å². The number of carbonyl (C=O) groups excluding carboxylic acids is 1. The lowest BCUT2D eigenvalue weighted by atomic mass is 10.2. The maximum Gasteiger partial charge on any atom is 0.272 e. The second-order valence-corrected chi connectivity index (χ2v) is 5.07. The maximum absolute atomic E-state index is 13.0. The smallest absolute Gasteiger partial charge is 0.272 e. The Kier molecular flexibility index (Phi) is 3.79. The first-order chi connectivity index (χ1) is 9.38. The van der Waals surface area contributed by atoms with Crippen LogP contribution >= 0.6 is 0 Å². The molecule has 1 aromatic heterocycles. The molecule has 5 heteroatoms. The molecule has 0 saturated carbocycles. The summed E-state index contributed by atoms with van der Waals surface area (Å²) in [6.07, 6.45) is 1.73. The fraction of sp³-hybridized carbons (Fsp3) is 0.267. The summed E-state index contributed by atoms with van der Waals surface area (Å²) < 4.78 is 14.9. The van der Waals surface area contributed by atoms with Crippen molar-refractivity contribution < 1.29 is 9.18 Å². The van der Waals surface area contributed by atoms with Gasteiger partial charge in [0.1, 0.15) is 11.5 Å². The standard InChI is InChI=1S/C15H18FN3O/c1-9(2)19-8-12(17)7-14(19)15(20)18-13-5-4-11(16)6-10(13)3/h4-9H,17H2,1-3H3,(H,18,20). The van der Waals surface area contributed by atoms with E-state index in [0.29, 0.717) is 22.6 Å². The number of hydrogen-bond acceptors (Lipinski definition) is 2. The van der Waals surface area contributed by atoms with Crippen LogP contribution in [0, 0.1) is 12.7 Å². The number of halogens is 1. The number of aromatic nitrogens is 1. The van der Waals surface area contributed by atoms with Crippen LogP contribution in [0.2, 0.25) is 0 Å². The zero-order valence-corrected chi connectivity index (χ0v) is 11.8. The van der Waals surface area contributed by atoms with Gasteiger partial charge in [0, 0.05) is 17.9 Å². The molecule has 3 N–H and O–H groups in total. The van der Waals surface area contributed by atoms with E-state index in [9.17, 15) is 9.18 Å². The molecule has 1 amide bonds. The zero-order chi connectivity index (χ0) is 14.9. The molecule has 0 radical (unpaired) electrons. The summed E-state index contributed by atoms with van der Waals surface area (Å²) in [4.78, 5) is 12.3. The van der Waals surface area contributed by atoms with Crippen LogP contribution in [0.25, 0.3) is 0 Å². The number of benzene rings is 1. The minimum Gasteiger partial charge on any atom is -0.397 e. The Morgan fingerprint density at radius 3 is 2.65 bits per heavy atom. The molecule has 0 bridgehead atoms. The average molecular weight is 275 g/mol. The molecule has 106 valence electrons. The molecule has 0 aliphatic carbocycles. The molecule has 0 atom stereocenters. The molecule has 0 unspecified atom stereocenters. The van der Waals surface area contributed by atoms with Crippen LogP contribution < -0.4 is 11.1 Å². The second kappa shape index (κ2) is 5.36. The first-order valence-electron chi connectivity index (χ1n) is 6.43. The van der Waals surface area contributed by atoms with Crippen molar-refractivity contribution in [3.05, 3.63) is 47.5 Å². The molecular formula is C15H18FN3O.